The third-order valence-corrected chi connectivity index (χ3v) is 4.22. The van der Waals surface area contributed by atoms with Crippen molar-refractivity contribution in [1.82, 2.24) is 19.8 Å². The number of rotatable bonds is 3. The van der Waals surface area contributed by atoms with Gasteiger partial charge in [0.15, 0.2) is 0 Å². The molecule has 2 aromatic heterocycles. The normalized spacial score (nSPS) is 20.4. The number of hydrogen-bond donors (Lipinski definition) is 0. The molecule has 3 heterocycles. The molecule has 0 radical (unpaired) electrons. The highest BCUT2D eigenvalue weighted by atomic mass is 16.5. The summed E-state index contributed by atoms with van der Waals surface area (Å²) in [5.41, 5.74) is 3.48. The zero-order valence-corrected chi connectivity index (χ0v) is 12.5. The second-order valence-electron chi connectivity index (χ2n) is 5.79. The molecule has 0 aliphatic carbocycles. The highest BCUT2D eigenvalue weighted by Crippen LogP contribution is 2.27. The maximum Gasteiger partial charge on any atom is 0.138 e. The van der Waals surface area contributed by atoms with Crippen LogP contribution in [0.3, 0.4) is 0 Å². The van der Waals surface area contributed by atoms with Crippen LogP contribution >= 0.6 is 0 Å². The number of piperidine rings is 1. The molecular weight excluding hydrogens is 252 g/mol. The molecule has 108 valence electrons. The van der Waals surface area contributed by atoms with E-state index in [1.165, 1.54) is 24.1 Å². The van der Waals surface area contributed by atoms with Crippen LogP contribution < -0.4 is 0 Å². The van der Waals surface area contributed by atoms with Gasteiger partial charge in [0.1, 0.15) is 5.76 Å². The Kier molecular flexibility index (Phi) is 3.61. The Morgan fingerprint density at radius 1 is 1.40 bits per heavy atom. The Bertz CT molecular complexity index is 567. The molecule has 1 aliphatic heterocycles. The molecule has 1 aliphatic rings. The summed E-state index contributed by atoms with van der Waals surface area (Å²) in [6.07, 6.45) is 4.49. The largest absolute Gasteiger partial charge is 0.361 e. The first-order chi connectivity index (χ1) is 9.63. The lowest BCUT2D eigenvalue weighted by Crippen LogP contribution is -2.34. The molecule has 2 aromatic rings. The van der Waals surface area contributed by atoms with Crippen molar-refractivity contribution in [3.05, 3.63) is 35.0 Å². The first-order valence-corrected chi connectivity index (χ1v) is 7.27. The molecule has 0 spiro atoms. The summed E-state index contributed by atoms with van der Waals surface area (Å²) < 4.78 is 7.15. The number of aromatic nitrogens is 3. The predicted octanol–water partition coefficient (Wildman–Crippen LogP) is 2.40. The van der Waals surface area contributed by atoms with E-state index in [0.29, 0.717) is 5.92 Å². The Morgan fingerprint density at radius 2 is 2.25 bits per heavy atom. The molecule has 1 fully saturated rings. The van der Waals surface area contributed by atoms with Crippen LogP contribution in [0.1, 0.15) is 41.5 Å². The molecule has 0 bridgehead atoms. The quantitative estimate of drug-likeness (QED) is 0.862. The van der Waals surface area contributed by atoms with Gasteiger partial charge in [-0.05, 0) is 39.3 Å². The van der Waals surface area contributed by atoms with Gasteiger partial charge in [-0.15, -0.1) is 0 Å². The van der Waals surface area contributed by atoms with Crippen LogP contribution in [0, 0.1) is 13.8 Å². The molecule has 5 nitrogen and oxygen atoms in total. The van der Waals surface area contributed by atoms with Crippen molar-refractivity contribution < 1.29 is 4.52 Å². The lowest BCUT2D eigenvalue weighted by atomic mass is 9.94. The Labute approximate surface area is 119 Å². The average Bonchev–Trinajstić information content (AvgIpc) is 3.00. The van der Waals surface area contributed by atoms with E-state index in [1.54, 1.807) is 0 Å². The minimum Gasteiger partial charge on any atom is -0.361 e. The number of aryl methyl sites for hydroxylation is 3. The molecular formula is C15H22N4O. The zero-order valence-electron chi connectivity index (χ0n) is 12.5. The summed E-state index contributed by atoms with van der Waals surface area (Å²) in [6, 6.07) is 2.14. The van der Waals surface area contributed by atoms with Crippen molar-refractivity contribution in [2.45, 2.75) is 39.2 Å². The van der Waals surface area contributed by atoms with Gasteiger partial charge >= 0.3 is 0 Å². The van der Waals surface area contributed by atoms with E-state index in [-0.39, 0.29) is 0 Å². The van der Waals surface area contributed by atoms with E-state index in [4.69, 9.17) is 4.52 Å². The minimum absolute atomic E-state index is 0.547. The van der Waals surface area contributed by atoms with Crippen LogP contribution in [0.4, 0.5) is 0 Å². The zero-order chi connectivity index (χ0) is 14.1. The summed E-state index contributed by atoms with van der Waals surface area (Å²) in [5, 5.41) is 8.60. The van der Waals surface area contributed by atoms with E-state index >= 15 is 0 Å². The molecule has 3 rings (SSSR count). The van der Waals surface area contributed by atoms with Gasteiger partial charge in [0.2, 0.25) is 0 Å². The Balaban J connectivity index is 1.69. The van der Waals surface area contributed by atoms with Gasteiger partial charge in [0.05, 0.1) is 11.4 Å². The van der Waals surface area contributed by atoms with Gasteiger partial charge < -0.3 is 4.52 Å². The summed E-state index contributed by atoms with van der Waals surface area (Å²) in [4.78, 5) is 2.50. The average molecular weight is 274 g/mol. The molecule has 0 saturated carbocycles. The van der Waals surface area contributed by atoms with Crippen LogP contribution in [-0.4, -0.2) is 32.9 Å². The monoisotopic (exact) mass is 274 g/mol. The van der Waals surface area contributed by atoms with E-state index in [2.05, 4.69) is 21.2 Å². The fraction of sp³-hybridized carbons (Fsp3) is 0.600. The fourth-order valence-electron chi connectivity index (χ4n) is 3.04. The second-order valence-corrected chi connectivity index (χ2v) is 5.79. The van der Waals surface area contributed by atoms with Gasteiger partial charge in [0.25, 0.3) is 0 Å². The van der Waals surface area contributed by atoms with Crippen molar-refractivity contribution >= 4 is 0 Å². The second kappa shape index (κ2) is 5.40. The molecule has 0 N–H and O–H groups in total. The smallest absolute Gasteiger partial charge is 0.138 e. The van der Waals surface area contributed by atoms with E-state index in [9.17, 15) is 0 Å². The highest BCUT2D eigenvalue weighted by molar-refractivity contribution is 5.21. The number of hydrogen-bond acceptors (Lipinski definition) is 4. The summed E-state index contributed by atoms with van der Waals surface area (Å²) in [6.45, 7) is 7.17. The lowest BCUT2D eigenvalue weighted by molar-refractivity contribution is 0.197. The van der Waals surface area contributed by atoms with Crippen LogP contribution in [0.2, 0.25) is 0 Å². The maximum absolute atomic E-state index is 5.26. The fourth-order valence-corrected chi connectivity index (χ4v) is 3.04. The van der Waals surface area contributed by atoms with Crippen molar-refractivity contribution in [3.8, 4) is 0 Å². The van der Waals surface area contributed by atoms with Gasteiger partial charge in [-0.3, -0.25) is 9.58 Å². The van der Waals surface area contributed by atoms with Gasteiger partial charge in [0, 0.05) is 37.8 Å². The highest BCUT2D eigenvalue weighted by Gasteiger charge is 2.24. The minimum atomic E-state index is 0.547. The van der Waals surface area contributed by atoms with Gasteiger partial charge in [-0.1, -0.05) is 5.16 Å². The topological polar surface area (TPSA) is 47.1 Å². The third kappa shape index (κ3) is 2.63. The molecule has 0 unspecified atom stereocenters. The standard InChI is InChI=1S/C15H22N4O/c1-11-14(12(2)20-17-11)10-19-7-4-5-13(9-19)15-6-8-18(3)16-15/h6,8,13H,4-5,7,9-10H2,1-3H3/t13-/m0/s1. The van der Waals surface area contributed by atoms with Gasteiger partial charge in [-0.2, -0.15) is 5.10 Å². The SMILES string of the molecule is Cc1noc(C)c1CN1CCC[C@H](c2ccn(C)n2)C1. The molecule has 0 amide bonds. The molecule has 20 heavy (non-hydrogen) atoms. The van der Waals surface area contributed by atoms with Gasteiger partial charge in [-0.25, -0.2) is 0 Å². The van der Waals surface area contributed by atoms with E-state index < -0.39 is 0 Å². The van der Waals surface area contributed by atoms with Crippen molar-refractivity contribution in [2.24, 2.45) is 7.05 Å². The summed E-state index contributed by atoms with van der Waals surface area (Å²) in [7, 11) is 1.98. The number of nitrogens with zero attached hydrogens (tertiary/aromatic N) is 4. The Morgan fingerprint density at radius 3 is 2.90 bits per heavy atom. The van der Waals surface area contributed by atoms with Crippen molar-refractivity contribution in [3.63, 3.8) is 0 Å². The summed E-state index contributed by atoms with van der Waals surface area (Å²) in [5.74, 6) is 1.49. The number of likely N-dealkylation sites (tertiary alicyclic amines) is 1. The first-order valence-electron chi connectivity index (χ1n) is 7.27. The van der Waals surface area contributed by atoms with E-state index in [0.717, 1.165) is 31.1 Å². The van der Waals surface area contributed by atoms with Crippen LogP contribution in [0.5, 0.6) is 0 Å². The summed E-state index contributed by atoms with van der Waals surface area (Å²) >= 11 is 0. The Hall–Kier alpha value is -1.62. The molecule has 1 saturated heterocycles. The first kappa shape index (κ1) is 13.4. The molecule has 1 atom stereocenters. The molecule has 5 heteroatoms. The molecule has 0 aromatic carbocycles. The maximum atomic E-state index is 5.26. The third-order valence-electron chi connectivity index (χ3n) is 4.22. The van der Waals surface area contributed by atoms with Crippen LogP contribution in [0.15, 0.2) is 16.8 Å². The van der Waals surface area contributed by atoms with Crippen molar-refractivity contribution in [2.75, 3.05) is 13.1 Å². The van der Waals surface area contributed by atoms with Crippen LogP contribution in [-0.2, 0) is 13.6 Å². The van der Waals surface area contributed by atoms with Crippen LogP contribution in [0.25, 0.3) is 0 Å². The van der Waals surface area contributed by atoms with Crippen molar-refractivity contribution in [1.29, 1.82) is 0 Å². The predicted molar refractivity (Wildman–Crippen MR) is 76.4 cm³/mol. The van der Waals surface area contributed by atoms with E-state index in [1.807, 2.05) is 31.8 Å². The lowest BCUT2D eigenvalue weighted by Gasteiger charge is -2.31.